The van der Waals surface area contributed by atoms with Crippen LogP contribution in [0.15, 0.2) is 24.3 Å². The van der Waals surface area contributed by atoms with Gasteiger partial charge in [0, 0.05) is 38.3 Å². The number of hydrogen-bond donors (Lipinski definition) is 2. The molecule has 1 aromatic rings. The SMILES string of the molecule is OC(CNCc1ccccc1C1OCCO1)CN1CCOCC1. The Labute approximate surface area is 137 Å². The molecule has 2 fully saturated rings. The number of β-amino-alcohol motifs (C(OH)–C–C–N with tert-alkyl or cyclic N) is 1. The second-order valence-electron chi connectivity index (χ2n) is 5.97. The predicted octanol–water partition coefficient (Wildman–Crippen LogP) is 0.515. The molecule has 0 radical (unpaired) electrons. The number of rotatable bonds is 7. The summed E-state index contributed by atoms with van der Waals surface area (Å²) >= 11 is 0. The minimum absolute atomic E-state index is 0.258. The Balaban J connectivity index is 1.44. The molecule has 2 N–H and O–H groups in total. The summed E-state index contributed by atoms with van der Waals surface area (Å²) in [6, 6.07) is 8.12. The summed E-state index contributed by atoms with van der Waals surface area (Å²) in [5.74, 6) is 0. The molecule has 2 aliphatic heterocycles. The Bertz CT molecular complexity index is 473. The smallest absolute Gasteiger partial charge is 0.184 e. The Hall–Kier alpha value is -1.02. The minimum Gasteiger partial charge on any atom is -0.390 e. The first kappa shape index (κ1) is 16.8. The lowest BCUT2D eigenvalue weighted by Gasteiger charge is -2.28. The minimum atomic E-state index is -0.376. The quantitative estimate of drug-likeness (QED) is 0.763. The number of aliphatic hydroxyl groups is 1. The summed E-state index contributed by atoms with van der Waals surface area (Å²) in [5, 5.41) is 13.5. The zero-order chi connectivity index (χ0) is 15.9. The molecular formula is C17H26N2O4. The van der Waals surface area contributed by atoms with Crippen LogP contribution in [-0.4, -0.2) is 68.7 Å². The normalized spacial score (nSPS) is 21.6. The summed E-state index contributed by atoms with van der Waals surface area (Å²) in [6.45, 7) is 6.55. The monoisotopic (exact) mass is 322 g/mol. The van der Waals surface area contributed by atoms with Crippen LogP contribution in [0.3, 0.4) is 0 Å². The van der Waals surface area contributed by atoms with Crippen LogP contribution >= 0.6 is 0 Å². The van der Waals surface area contributed by atoms with Crippen LogP contribution in [0.2, 0.25) is 0 Å². The lowest BCUT2D eigenvalue weighted by Crippen LogP contribution is -2.43. The zero-order valence-corrected chi connectivity index (χ0v) is 13.4. The van der Waals surface area contributed by atoms with Crippen LogP contribution in [-0.2, 0) is 20.8 Å². The zero-order valence-electron chi connectivity index (χ0n) is 13.4. The molecule has 0 amide bonds. The summed E-state index contributed by atoms with van der Waals surface area (Å²) in [5.41, 5.74) is 2.22. The highest BCUT2D eigenvalue weighted by Gasteiger charge is 2.21. The van der Waals surface area contributed by atoms with Crippen LogP contribution in [0.5, 0.6) is 0 Å². The van der Waals surface area contributed by atoms with Crippen molar-refractivity contribution in [1.82, 2.24) is 10.2 Å². The fraction of sp³-hybridized carbons (Fsp3) is 0.647. The van der Waals surface area contributed by atoms with Gasteiger partial charge in [-0.15, -0.1) is 0 Å². The van der Waals surface area contributed by atoms with Crippen molar-refractivity contribution in [2.45, 2.75) is 18.9 Å². The molecule has 6 heteroatoms. The Morgan fingerprint density at radius 1 is 1.13 bits per heavy atom. The standard InChI is InChI=1S/C17H26N2O4/c20-15(13-19-5-7-21-8-6-19)12-18-11-14-3-1-2-4-16(14)17-22-9-10-23-17/h1-4,15,17-18,20H,5-13H2. The number of nitrogens with zero attached hydrogens (tertiary/aromatic N) is 1. The van der Waals surface area contributed by atoms with Crippen molar-refractivity contribution in [2.24, 2.45) is 0 Å². The lowest BCUT2D eigenvalue weighted by atomic mass is 10.1. The molecule has 2 saturated heterocycles. The predicted molar refractivity (Wildman–Crippen MR) is 86.1 cm³/mol. The summed E-state index contributed by atoms with van der Waals surface area (Å²) < 4.78 is 16.5. The van der Waals surface area contributed by atoms with E-state index in [4.69, 9.17) is 14.2 Å². The van der Waals surface area contributed by atoms with Crippen molar-refractivity contribution in [3.63, 3.8) is 0 Å². The second-order valence-corrected chi connectivity index (χ2v) is 5.97. The molecule has 128 valence electrons. The first-order chi connectivity index (χ1) is 11.3. The molecule has 0 aliphatic carbocycles. The maximum absolute atomic E-state index is 10.2. The molecule has 1 unspecified atom stereocenters. The number of benzene rings is 1. The van der Waals surface area contributed by atoms with Crippen LogP contribution in [0, 0.1) is 0 Å². The van der Waals surface area contributed by atoms with Gasteiger partial charge in [0.1, 0.15) is 0 Å². The topological polar surface area (TPSA) is 63.2 Å². The number of hydrogen-bond acceptors (Lipinski definition) is 6. The van der Waals surface area contributed by atoms with E-state index >= 15 is 0 Å². The lowest BCUT2D eigenvalue weighted by molar-refractivity contribution is -0.0447. The fourth-order valence-corrected chi connectivity index (χ4v) is 2.98. The van der Waals surface area contributed by atoms with Crippen molar-refractivity contribution >= 4 is 0 Å². The molecule has 23 heavy (non-hydrogen) atoms. The molecule has 6 nitrogen and oxygen atoms in total. The van der Waals surface area contributed by atoms with Gasteiger partial charge in [-0.05, 0) is 5.56 Å². The molecule has 0 spiro atoms. The van der Waals surface area contributed by atoms with Gasteiger partial charge < -0.3 is 24.6 Å². The van der Waals surface area contributed by atoms with Crippen LogP contribution in [0.25, 0.3) is 0 Å². The van der Waals surface area contributed by atoms with E-state index in [0.717, 1.165) is 37.4 Å². The second kappa shape index (κ2) is 8.73. The van der Waals surface area contributed by atoms with Gasteiger partial charge >= 0.3 is 0 Å². The Morgan fingerprint density at radius 2 is 1.87 bits per heavy atom. The van der Waals surface area contributed by atoms with Crippen LogP contribution < -0.4 is 5.32 Å². The van der Waals surface area contributed by atoms with Crippen molar-refractivity contribution in [3.05, 3.63) is 35.4 Å². The molecule has 0 bridgehead atoms. The first-order valence-corrected chi connectivity index (χ1v) is 8.33. The van der Waals surface area contributed by atoms with E-state index in [1.54, 1.807) is 0 Å². The van der Waals surface area contributed by atoms with Crippen LogP contribution in [0.4, 0.5) is 0 Å². The summed E-state index contributed by atoms with van der Waals surface area (Å²) in [4.78, 5) is 2.24. The highest BCUT2D eigenvalue weighted by Crippen LogP contribution is 2.26. The maximum Gasteiger partial charge on any atom is 0.184 e. The Morgan fingerprint density at radius 3 is 2.65 bits per heavy atom. The molecule has 1 aromatic carbocycles. The van der Waals surface area contributed by atoms with E-state index in [1.807, 2.05) is 18.2 Å². The maximum atomic E-state index is 10.2. The number of nitrogens with one attached hydrogen (secondary N) is 1. The van der Waals surface area contributed by atoms with Gasteiger partial charge in [-0.1, -0.05) is 24.3 Å². The van der Waals surface area contributed by atoms with E-state index in [-0.39, 0.29) is 12.4 Å². The van der Waals surface area contributed by atoms with Gasteiger partial charge in [-0.2, -0.15) is 0 Å². The number of aliphatic hydroxyl groups excluding tert-OH is 1. The van der Waals surface area contributed by atoms with Crippen molar-refractivity contribution in [2.75, 3.05) is 52.6 Å². The molecule has 0 saturated carbocycles. The number of ether oxygens (including phenoxy) is 3. The third-order valence-corrected chi connectivity index (χ3v) is 4.20. The third-order valence-electron chi connectivity index (χ3n) is 4.20. The largest absolute Gasteiger partial charge is 0.390 e. The van der Waals surface area contributed by atoms with Gasteiger partial charge in [-0.25, -0.2) is 0 Å². The molecule has 3 rings (SSSR count). The van der Waals surface area contributed by atoms with Gasteiger partial charge in [0.15, 0.2) is 6.29 Å². The highest BCUT2D eigenvalue weighted by molar-refractivity contribution is 5.28. The highest BCUT2D eigenvalue weighted by atomic mass is 16.7. The van der Waals surface area contributed by atoms with E-state index < -0.39 is 0 Å². The summed E-state index contributed by atoms with van der Waals surface area (Å²) in [7, 11) is 0. The average molecular weight is 322 g/mol. The van der Waals surface area contributed by atoms with Crippen LogP contribution in [0.1, 0.15) is 17.4 Å². The first-order valence-electron chi connectivity index (χ1n) is 8.33. The van der Waals surface area contributed by atoms with Gasteiger partial charge in [0.2, 0.25) is 0 Å². The molecular weight excluding hydrogens is 296 g/mol. The van der Waals surface area contributed by atoms with Gasteiger partial charge in [0.25, 0.3) is 0 Å². The van der Waals surface area contributed by atoms with E-state index in [0.29, 0.717) is 32.8 Å². The fourth-order valence-electron chi connectivity index (χ4n) is 2.98. The summed E-state index contributed by atoms with van der Waals surface area (Å²) in [6.07, 6.45) is -0.634. The van der Waals surface area contributed by atoms with E-state index in [9.17, 15) is 5.11 Å². The van der Waals surface area contributed by atoms with Gasteiger partial charge in [0.05, 0.1) is 32.5 Å². The van der Waals surface area contributed by atoms with Crippen molar-refractivity contribution < 1.29 is 19.3 Å². The van der Waals surface area contributed by atoms with E-state index in [2.05, 4.69) is 16.3 Å². The molecule has 2 heterocycles. The third kappa shape index (κ3) is 4.97. The van der Waals surface area contributed by atoms with Gasteiger partial charge in [-0.3, -0.25) is 4.90 Å². The average Bonchev–Trinajstić information content (AvgIpc) is 3.10. The van der Waals surface area contributed by atoms with Crippen molar-refractivity contribution in [1.29, 1.82) is 0 Å². The molecule has 1 atom stereocenters. The van der Waals surface area contributed by atoms with Crippen molar-refractivity contribution in [3.8, 4) is 0 Å². The molecule has 2 aliphatic rings. The molecule has 0 aromatic heterocycles. The Kier molecular flexibility index (Phi) is 6.38. The number of morpholine rings is 1. The van der Waals surface area contributed by atoms with E-state index in [1.165, 1.54) is 0 Å².